The van der Waals surface area contributed by atoms with Crippen molar-refractivity contribution >= 4 is 0 Å². The van der Waals surface area contributed by atoms with Gasteiger partial charge in [0, 0.05) is 0 Å². The van der Waals surface area contributed by atoms with Crippen LogP contribution in [0.4, 0.5) is 0 Å². The van der Waals surface area contributed by atoms with Gasteiger partial charge in [-0.3, -0.25) is 0 Å². The van der Waals surface area contributed by atoms with E-state index in [2.05, 4.69) is 26.8 Å². The van der Waals surface area contributed by atoms with Crippen LogP contribution in [0.25, 0.3) is 0 Å². The molecule has 0 saturated carbocycles. The minimum absolute atomic E-state index is 0.0972. The number of allylic oxidation sites excluding steroid dienone is 2. The third-order valence-corrected chi connectivity index (χ3v) is 2.34. The molecule has 0 saturated heterocycles. The maximum absolute atomic E-state index is 8.91. The van der Waals surface area contributed by atoms with Crippen molar-refractivity contribution < 1.29 is 0 Å². The zero-order chi connectivity index (χ0) is 9.56. The standard InChI is InChI=1S/C11H19N/c1-5-7-10(8-12)11(6-2)9(3)4/h5,7,9-11H,6H2,1-4H3/b7-5+. The first kappa shape index (κ1) is 11.2. The van der Waals surface area contributed by atoms with E-state index in [1.165, 1.54) is 0 Å². The van der Waals surface area contributed by atoms with Crippen molar-refractivity contribution in [3.63, 3.8) is 0 Å². The first-order valence-electron chi connectivity index (χ1n) is 4.69. The molecule has 0 N–H and O–H groups in total. The van der Waals surface area contributed by atoms with E-state index in [1.807, 2.05) is 19.1 Å². The van der Waals surface area contributed by atoms with Crippen LogP contribution < -0.4 is 0 Å². The molecule has 0 aromatic rings. The molecule has 2 atom stereocenters. The van der Waals surface area contributed by atoms with Crippen LogP contribution in [0.2, 0.25) is 0 Å². The largest absolute Gasteiger partial charge is 0.198 e. The molecule has 0 spiro atoms. The molecule has 68 valence electrons. The van der Waals surface area contributed by atoms with Gasteiger partial charge in [0.05, 0.1) is 12.0 Å². The molecule has 12 heavy (non-hydrogen) atoms. The second kappa shape index (κ2) is 5.83. The van der Waals surface area contributed by atoms with Crippen LogP contribution in [0, 0.1) is 29.1 Å². The molecule has 1 nitrogen and oxygen atoms in total. The van der Waals surface area contributed by atoms with Gasteiger partial charge in [0.2, 0.25) is 0 Å². The maximum Gasteiger partial charge on any atom is 0.0700 e. The molecule has 0 aliphatic heterocycles. The fourth-order valence-corrected chi connectivity index (χ4v) is 1.63. The highest BCUT2D eigenvalue weighted by molar-refractivity contribution is 5.02. The summed E-state index contributed by atoms with van der Waals surface area (Å²) in [5.41, 5.74) is 0. The van der Waals surface area contributed by atoms with Crippen LogP contribution in [0.3, 0.4) is 0 Å². The van der Waals surface area contributed by atoms with Crippen molar-refractivity contribution in [2.75, 3.05) is 0 Å². The molecule has 0 aromatic carbocycles. The highest BCUT2D eigenvalue weighted by Gasteiger charge is 2.19. The van der Waals surface area contributed by atoms with E-state index < -0.39 is 0 Å². The van der Waals surface area contributed by atoms with E-state index in [0.29, 0.717) is 11.8 Å². The predicted octanol–water partition coefficient (Wildman–Crippen LogP) is 3.38. The van der Waals surface area contributed by atoms with Crippen LogP contribution in [0.15, 0.2) is 12.2 Å². The van der Waals surface area contributed by atoms with Crippen molar-refractivity contribution in [3.05, 3.63) is 12.2 Å². The lowest BCUT2D eigenvalue weighted by Crippen LogP contribution is -2.16. The summed E-state index contributed by atoms with van der Waals surface area (Å²) >= 11 is 0. The first-order chi connectivity index (χ1) is 5.67. The molecule has 2 unspecified atom stereocenters. The van der Waals surface area contributed by atoms with E-state index in [4.69, 9.17) is 5.26 Å². The molecule has 0 fully saturated rings. The van der Waals surface area contributed by atoms with Crippen LogP contribution in [-0.4, -0.2) is 0 Å². The van der Waals surface area contributed by atoms with E-state index in [-0.39, 0.29) is 5.92 Å². The summed E-state index contributed by atoms with van der Waals surface area (Å²) in [5.74, 6) is 1.20. The third-order valence-electron chi connectivity index (χ3n) is 2.34. The highest BCUT2D eigenvalue weighted by Crippen LogP contribution is 2.24. The van der Waals surface area contributed by atoms with Crippen LogP contribution in [0.5, 0.6) is 0 Å². The molecule has 0 aliphatic carbocycles. The molecule has 0 aromatic heterocycles. The Morgan fingerprint density at radius 2 is 2.00 bits per heavy atom. The van der Waals surface area contributed by atoms with Gasteiger partial charge in [0.15, 0.2) is 0 Å². The Kier molecular flexibility index (Phi) is 5.45. The van der Waals surface area contributed by atoms with E-state index in [1.54, 1.807) is 0 Å². The second-order valence-electron chi connectivity index (χ2n) is 3.50. The topological polar surface area (TPSA) is 23.8 Å². The fourth-order valence-electron chi connectivity index (χ4n) is 1.63. The lowest BCUT2D eigenvalue weighted by atomic mass is 9.82. The van der Waals surface area contributed by atoms with E-state index >= 15 is 0 Å². The molecule has 0 aliphatic rings. The van der Waals surface area contributed by atoms with Crippen molar-refractivity contribution in [2.24, 2.45) is 17.8 Å². The third kappa shape index (κ3) is 3.09. The zero-order valence-corrected chi connectivity index (χ0v) is 8.54. The minimum atomic E-state index is 0.0972. The maximum atomic E-state index is 8.91. The van der Waals surface area contributed by atoms with Gasteiger partial charge in [-0.05, 0) is 18.8 Å². The van der Waals surface area contributed by atoms with Crippen LogP contribution in [0.1, 0.15) is 34.1 Å². The van der Waals surface area contributed by atoms with Crippen molar-refractivity contribution in [1.29, 1.82) is 5.26 Å². The summed E-state index contributed by atoms with van der Waals surface area (Å²) in [7, 11) is 0. The average molecular weight is 165 g/mol. The van der Waals surface area contributed by atoms with Gasteiger partial charge in [-0.25, -0.2) is 0 Å². The Hall–Kier alpha value is -0.770. The van der Waals surface area contributed by atoms with Gasteiger partial charge in [0.1, 0.15) is 0 Å². The van der Waals surface area contributed by atoms with Crippen LogP contribution in [-0.2, 0) is 0 Å². The Morgan fingerprint density at radius 3 is 2.25 bits per heavy atom. The molecule has 1 heteroatoms. The number of hydrogen-bond acceptors (Lipinski definition) is 1. The molecule has 0 amide bonds. The number of hydrogen-bond donors (Lipinski definition) is 0. The molecule has 0 heterocycles. The molecule has 0 bridgehead atoms. The number of nitriles is 1. The Morgan fingerprint density at radius 1 is 1.42 bits per heavy atom. The first-order valence-corrected chi connectivity index (χ1v) is 4.69. The predicted molar refractivity (Wildman–Crippen MR) is 52.5 cm³/mol. The lowest BCUT2D eigenvalue weighted by Gasteiger charge is -2.21. The Bertz CT molecular complexity index is 174. The summed E-state index contributed by atoms with van der Waals surface area (Å²) in [6, 6.07) is 2.35. The molecule has 0 radical (unpaired) electrons. The average Bonchev–Trinajstić information content (AvgIpc) is 2.03. The van der Waals surface area contributed by atoms with Crippen molar-refractivity contribution in [1.82, 2.24) is 0 Å². The van der Waals surface area contributed by atoms with Crippen molar-refractivity contribution in [2.45, 2.75) is 34.1 Å². The summed E-state index contributed by atoms with van der Waals surface area (Å²) in [4.78, 5) is 0. The number of nitrogens with zero attached hydrogens (tertiary/aromatic N) is 1. The van der Waals surface area contributed by atoms with Crippen molar-refractivity contribution in [3.8, 4) is 6.07 Å². The molecular weight excluding hydrogens is 146 g/mol. The SMILES string of the molecule is C/C=C/C(C#N)C(CC)C(C)C. The lowest BCUT2D eigenvalue weighted by molar-refractivity contribution is 0.329. The summed E-state index contributed by atoms with van der Waals surface area (Å²) in [5, 5.41) is 8.91. The normalized spacial score (nSPS) is 16.3. The quantitative estimate of drug-likeness (QED) is 0.586. The van der Waals surface area contributed by atoms with Crippen LogP contribution >= 0.6 is 0 Å². The second-order valence-corrected chi connectivity index (χ2v) is 3.50. The van der Waals surface area contributed by atoms with Gasteiger partial charge in [0.25, 0.3) is 0 Å². The Balaban J connectivity index is 4.36. The van der Waals surface area contributed by atoms with E-state index in [0.717, 1.165) is 6.42 Å². The van der Waals surface area contributed by atoms with Gasteiger partial charge >= 0.3 is 0 Å². The smallest absolute Gasteiger partial charge is 0.0700 e. The minimum Gasteiger partial charge on any atom is -0.198 e. The monoisotopic (exact) mass is 165 g/mol. The summed E-state index contributed by atoms with van der Waals surface area (Å²) in [6.45, 7) is 8.49. The van der Waals surface area contributed by atoms with Gasteiger partial charge in [-0.2, -0.15) is 5.26 Å². The summed E-state index contributed by atoms with van der Waals surface area (Å²) < 4.78 is 0. The van der Waals surface area contributed by atoms with Gasteiger partial charge in [-0.15, -0.1) is 0 Å². The molecule has 0 rings (SSSR count). The molecular formula is C11H19N. The van der Waals surface area contributed by atoms with E-state index in [9.17, 15) is 0 Å². The number of rotatable bonds is 4. The van der Waals surface area contributed by atoms with Gasteiger partial charge < -0.3 is 0 Å². The highest BCUT2D eigenvalue weighted by atomic mass is 14.3. The van der Waals surface area contributed by atoms with Gasteiger partial charge in [-0.1, -0.05) is 39.3 Å². The fraction of sp³-hybridized carbons (Fsp3) is 0.727. The zero-order valence-electron chi connectivity index (χ0n) is 8.54. The Labute approximate surface area is 76.1 Å². The summed E-state index contributed by atoms with van der Waals surface area (Å²) in [6.07, 6.45) is 5.06.